The number of fused-ring (bicyclic) bond motifs is 1. The third-order valence-electron chi connectivity index (χ3n) is 3.75. The molecule has 1 fully saturated rings. The summed E-state index contributed by atoms with van der Waals surface area (Å²) in [4.78, 5) is 23.4. The van der Waals surface area contributed by atoms with Crippen LogP contribution >= 0.6 is 0 Å². The molecule has 0 bridgehead atoms. The number of H-pyrrole nitrogens is 1. The second-order valence-corrected chi connectivity index (χ2v) is 5.21. The number of imidazole rings is 1. The Kier molecular flexibility index (Phi) is 3.31. The minimum Gasteiger partial charge on any atom is -0.478 e. The Hall–Kier alpha value is -2.08. The van der Waals surface area contributed by atoms with Gasteiger partial charge in [-0.3, -0.25) is 0 Å². The van der Waals surface area contributed by atoms with Crippen molar-refractivity contribution in [2.75, 3.05) is 38.1 Å². The van der Waals surface area contributed by atoms with Crippen molar-refractivity contribution in [3.8, 4) is 0 Å². The second kappa shape index (κ2) is 5.13. The molecule has 2 heterocycles. The van der Waals surface area contributed by atoms with Gasteiger partial charge < -0.3 is 19.9 Å². The molecule has 1 aliphatic rings. The molecule has 0 spiro atoms. The summed E-state index contributed by atoms with van der Waals surface area (Å²) in [5.74, 6) is -0.173. The van der Waals surface area contributed by atoms with E-state index in [4.69, 9.17) is 0 Å². The monoisotopic (exact) mass is 274 g/mol. The largest absolute Gasteiger partial charge is 0.478 e. The SMILES string of the molecule is CN1CCCN(c2nc3c(C(=O)O)cccc3[nH]2)CC1. The number of carbonyl (C=O) groups is 1. The Labute approximate surface area is 117 Å². The van der Waals surface area contributed by atoms with Gasteiger partial charge in [-0.1, -0.05) is 6.07 Å². The molecule has 0 unspecified atom stereocenters. The van der Waals surface area contributed by atoms with Crippen molar-refractivity contribution in [3.05, 3.63) is 23.8 Å². The Bertz CT molecular complexity index is 637. The fraction of sp³-hybridized carbons (Fsp3) is 0.429. The number of hydrogen-bond donors (Lipinski definition) is 2. The van der Waals surface area contributed by atoms with Crippen LogP contribution in [0.5, 0.6) is 0 Å². The van der Waals surface area contributed by atoms with E-state index in [9.17, 15) is 9.90 Å². The minimum atomic E-state index is -0.941. The van der Waals surface area contributed by atoms with Crippen molar-refractivity contribution in [3.63, 3.8) is 0 Å². The van der Waals surface area contributed by atoms with Gasteiger partial charge in [0.15, 0.2) is 0 Å². The number of aromatic amines is 1. The topological polar surface area (TPSA) is 72.5 Å². The molecule has 6 heteroatoms. The number of carboxylic acids is 1. The Balaban J connectivity index is 1.96. The molecule has 0 amide bonds. The summed E-state index contributed by atoms with van der Waals surface area (Å²) in [7, 11) is 2.12. The molecule has 0 saturated carbocycles. The van der Waals surface area contributed by atoms with Gasteiger partial charge in [-0.25, -0.2) is 9.78 Å². The van der Waals surface area contributed by atoms with Gasteiger partial charge in [-0.05, 0) is 32.1 Å². The molecule has 0 radical (unpaired) electrons. The number of nitrogens with zero attached hydrogens (tertiary/aromatic N) is 3. The van der Waals surface area contributed by atoms with Gasteiger partial charge in [0.1, 0.15) is 5.52 Å². The van der Waals surface area contributed by atoms with Crippen molar-refractivity contribution >= 4 is 23.0 Å². The summed E-state index contributed by atoms with van der Waals surface area (Å²) < 4.78 is 0. The molecule has 1 saturated heterocycles. The number of anilines is 1. The van der Waals surface area contributed by atoms with E-state index in [0.717, 1.165) is 44.1 Å². The van der Waals surface area contributed by atoms with E-state index < -0.39 is 5.97 Å². The lowest BCUT2D eigenvalue weighted by molar-refractivity contribution is 0.0699. The number of hydrogen-bond acceptors (Lipinski definition) is 4. The Morgan fingerprint density at radius 1 is 1.30 bits per heavy atom. The van der Waals surface area contributed by atoms with Crippen LogP contribution in [0, 0.1) is 0 Å². The van der Waals surface area contributed by atoms with Crippen molar-refractivity contribution in [1.29, 1.82) is 0 Å². The maximum absolute atomic E-state index is 11.2. The number of aromatic carboxylic acids is 1. The van der Waals surface area contributed by atoms with Crippen molar-refractivity contribution in [2.45, 2.75) is 6.42 Å². The molecule has 20 heavy (non-hydrogen) atoms. The fourth-order valence-electron chi connectivity index (χ4n) is 2.60. The Morgan fingerprint density at radius 3 is 2.95 bits per heavy atom. The fourth-order valence-corrected chi connectivity index (χ4v) is 2.60. The number of nitrogens with one attached hydrogen (secondary N) is 1. The van der Waals surface area contributed by atoms with E-state index >= 15 is 0 Å². The molecule has 1 aromatic carbocycles. The lowest BCUT2D eigenvalue weighted by Crippen LogP contribution is -2.29. The molecular weight excluding hydrogens is 256 g/mol. The van der Waals surface area contributed by atoms with E-state index in [1.54, 1.807) is 12.1 Å². The summed E-state index contributed by atoms with van der Waals surface area (Å²) in [6.07, 6.45) is 1.08. The summed E-state index contributed by atoms with van der Waals surface area (Å²) in [5.41, 5.74) is 1.56. The molecule has 3 rings (SSSR count). The van der Waals surface area contributed by atoms with Crippen LogP contribution in [0.4, 0.5) is 5.95 Å². The molecule has 1 aromatic heterocycles. The zero-order valence-corrected chi connectivity index (χ0v) is 11.5. The minimum absolute atomic E-state index is 0.247. The third-order valence-corrected chi connectivity index (χ3v) is 3.75. The van der Waals surface area contributed by atoms with Crippen LogP contribution < -0.4 is 4.90 Å². The first-order chi connectivity index (χ1) is 9.65. The lowest BCUT2D eigenvalue weighted by atomic mass is 10.2. The predicted molar refractivity (Wildman–Crippen MR) is 77.4 cm³/mol. The van der Waals surface area contributed by atoms with Gasteiger partial charge in [0.05, 0.1) is 11.1 Å². The average Bonchev–Trinajstić information content (AvgIpc) is 2.74. The summed E-state index contributed by atoms with van der Waals surface area (Å²) >= 11 is 0. The first-order valence-electron chi connectivity index (χ1n) is 6.80. The first-order valence-corrected chi connectivity index (χ1v) is 6.80. The third kappa shape index (κ3) is 2.34. The zero-order valence-electron chi connectivity index (χ0n) is 11.5. The predicted octanol–water partition coefficient (Wildman–Crippen LogP) is 1.40. The average molecular weight is 274 g/mol. The summed E-state index contributed by atoms with van der Waals surface area (Å²) in [5, 5.41) is 9.21. The maximum Gasteiger partial charge on any atom is 0.337 e. The van der Waals surface area contributed by atoms with E-state index in [0.29, 0.717) is 5.52 Å². The first kappa shape index (κ1) is 12.9. The van der Waals surface area contributed by atoms with Crippen LogP contribution in [0.3, 0.4) is 0 Å². The Morgan fingerprint density at radius 2 is 2.15 bits per heavy atom. The van der Waals surface area contributed by atoms with Gasteiger partial charge in [0.2, 0.25) is 5.95 Å². The highest BCUT2D eigenvalue weighted by atomic mass is 16.4. The molecule has 106 valence electrons. The van der Waals surface area contributed by atoms with Gasteiger partial charge in [0.25, 0.3) is 0 Å². The van der Waals surface area contributed by atoms with E-state index in [1.807, 2.05) is 6.07 Å². The summed E-state index contributed by atoms with van der Waals surface area (Å²) in [6.45, 7) is 3.91. The lowest BCUT2D eigenvalue weighted by Gasteiger charge is -2.19. The van der Waals surface area contributed by atoms with Crippen LogP contribution in [0.2, 0.25) is 0 Å². The van der Waals surface area contributed by atoms with E-state index in [1.165, 1.54) is 0 Å². The molecule has 6 nitrogen and oxygen atoms in total. The number of aromatic nitrogens is 2. The van der Waals surface area contributed by atoms with E-state index in [2.05, 4.69) is 26.8 Å². The molecular formula is C14H18N4O2. The van der Waals surface area contributed by atoms with Crippen molar-refractivity contribution in [2.24, 2.45) is 0 Å². The van der Waals surface area contributed by atoms with Crippen molar-refractivity contribution in [1.82, 2.24) is 14.9 Å². The highest BCUT2D eigenvalue weighted by Crippen LogP contribution is 2.21. The molecule has 1 aliphatic heterocycles. The molecule has 2 N–H and O–H groups in total. The highest BCUT2D eigenvalue weighted by Gasteiger charge is 2.18. The number of para-hydroxylation sites is 1. The second-order valence-electron chi connectivity index (χ2n) is 5.21. The number of benzene rings is 1. The van der Waals surface area contributed by atoms with Crippen LogP contribution in [0.1, 0.15) is 16.8 Å². The maximum atomic E-state index is 11.2. The number of carboxylic acid groups (broad SMARTS) is 1. The zero-order chi connectivity index (χ0) is 14.1. The van der Waals surface area contributed by atoms with Gasteiger partial charge in [0, 0.05) is 19.6 Å². The van der Waals surface area contributed by atoms with Gasteiger partial charge in [-0.15, -0.1) is 0 Å². The standard InChI is InChI=1S/C14H18N4O2/c1-17-6-3-7-18(9-8-17)14-15-11-5-2-4-10(13(19)20)12(11)16-14/h2,4-5H,3,6-9H2,1H3,(H,15,16)(H,19,20). The van der Waals surface area contributed by atoms with Crippen LogP contribution in [-0.2, 0) is 0 Å². The number of rotatable bonds is 2. The normalized spacial score (nSPS) is 17.4. The van der Waals surface area contributed by atoms with Crippen LogP contribution in [-0.4, -0.2) is 59.2 Å². The molecule has 0 aliphatic carbocycles. The quantitative estimate of drug-likeness (QED) is 0.866. The van der Waals surface area contributed by atoms with Crippen LogP contribution in [0.25, 0.3) is 11.0 Å². The van der Waals surface area contributed by atoms with Gasteiger partial charge >= 0.3 is 5.97 Å². The van der Waals surface area contributed by atoms with Crippen molar-refractivity contribution < 1.29 is 9.90 Å². The van der Waals surface area contributed by atoms with Crippen LogP contribution in [0.15, 0.2) is 18.2 Å². The molecule has 0 atom stereocenters. The van der Waals surface area contributed by atoms with E-state index in [-0.39, 0.29) is 5.56 Å². The summed E-state index contributed by atoms with van der Waals surface area (Å²) in [6, 6.07) is 5.19. The highest BCUT2D eigenvalue weighted by molar-refractivity contribution is 6.01. The smallest absolute Gasteiger partial charge is 0.337 e. The van der Waals surface area contributed by atoms with Gasteiger partial charge in [-0.2, -0.15) is 0 Å². The number of likely N-dealkylation sites (N-methyl/N-ethyl adjacent to an activating group) is 1. The molecule has 2 aromatic rings.